The maximum absolute atomic E-state index is 14.2. The second kappa shape index (κ2) is 7.86. The summed E-state index contributed by atoms with van der Waals surface area (Å²) in [7, 11) is 1.81. The minimum atomic E-state index is -0.236. The van der Waals surface area contributed by atoms with E-state index in [4.69, 9.17) is 5.26 Å². The number of hydrogen-bond acceptors (Lipinski definition) is 3. The predicted octanol–water partition coefficient (Wildman–Crippen LogP) is 3.48. The lowest BCUT2D eigenvalue weighted by molar-refractivity contribution is 0.561. The van der Waals surface area contributed by atoms with Crippen LogP contribution in [0.3, 0.4) is 0 Å². The van der Waals surface area contributed by atoms with Gasteiger partial charge >= 0.3 is 0 Å². The van der Waals surface area contributed by atoms with Crippen LogP contribution < -0.4 is 10.2 Å². The molecule has 0 spiro atoms. The molecule has 0 amide bonds. The average Bonchev–Trinajstić information content (AvgIpc) is 2.44. The van der Waals surface area contributed by atoms with Crippen LogP contribution in [0.4, 0.5) is 10.1 Å². The first-order valence-electron chi connectivity index (χ1n) is 7.13. The van der Waals surface area contributed by atoms with E-state index in [1.165, 1.54) is 0 Å². The summed E-state index contributed by atoms with van der Waals surface area (Å²) >= 11 is 0. The summed E-state index contributed by atoms with van der Waals surface area (Å²) in [5, 5.41) is 12.2. The molecule has 0 saturated heterocycles. The van der Waals surface area contributed by atoms with Gasteiger partial charge in [0.1, 0.15) is 5.82 Å². The van der Waals surface area contributed by atoms with Crippen LogP contribution in [0.15, 0.2) is 18.2 Å². The van der Waals surface area contributed by atoms with Gasteiger partial charge in [0.25, 0.3) is 0 Å². The van der Waals surface area contributed by atoms with Gasteiger partial charge in [-0.1, -0.05) is 13.0 Å². The molecule has 0 aliphatic heterocycles. The fraction of sp³-hybridized carbons (Fsp3) is 0.562. The summed E-state index contributed by atoms with van der Waals surface area (Å²) in [6.07, 6.45) is 1.06. The van der Waals surface area contributed by atoms with E-state index in [0.717, 1.165) is 18.5 Å². The highest BCUT2D eigenvalue weighted by Crippen LogP contribution is 2.23. The van der Waals surface area contributed by atoms with Crippen molar-refractivity contribution in [1.29, 1.82) is 5.26 Å². The van der Waals surface area contributed by atoms with E-state index in [1.807, 2.05) is 27.0 Å². The molecule has 1 aromatic rings. The highest BCUT2D eigenvalue weighted by molar-refractivity contribution is 5.49. The van der Waals surface area contributed by atoms with Crippen molar-refractivity contribution >= 4 is 5.69 Å². The second-order valence-corrected chi connectivity index (χ2v) is 5.30. The Hall–Kier alpha value is -1.60. The molecular formula is C16H24FN3. The molecule has 0 aliphatic rings. The smallest absolute Gasteiger partial charge is 0.146 e. The molecule has 0 aromatic heterocycles. The SMILES string of the molecule is CCCNC(C)c1ccc(N(C)CC(C)C#N)c(F)c1. The summed E-state index contributed by atoms with van der Waals surface area (Å²) in [5.74, 6) is -0.357. The second-order valence-electron chi connectivity index (χ2n) is 5.30. The molecule has 1 aromatic carbocycles. The lowest BCUT2D eigenvalue weighted by Gasteiger charge is -2.22. The molecule has 1 N–H and O–H groups in total. The monoisotopic (exact) mass is 277 g/mol. The Morgan fingerprint density at radius 1 is 1.40 bits per heavy atom. The zero-order valence-electron chi connectivity index (χ0n) is 12.8. The topological polar surface area (TPSA) is 39.1 Å². The highest BCUT2D eigenvalue weighted by atomic mass is 19.1. The van der Waals surface area contributed by atoms with Gasteiger partial charge in [-0.3, -0.25) is 0 Å². The Bertz CT molecular complexity index is 467. The minimum Gasteiger partial charge on any atom is -0.371 e. The number of nitrogens with zero attached hydrogens (tertiary/aromatic N) is 2. The van der Waals surface area contributed by atoms with Crippen LogP contribution in [0.2, 0.25) is 0 Å². The van der Waals surface area contributed by atoms with Crippen molar-refractivity contribution in [2.75, 3.05) is 25.0 Å². The Balaban J connectivity index is 2.80. The molecule has 2 unspecified atom stereocenters. The summed E-state index contributed by atoms with van der Waals surface area (Å²) in [6, 6.07) is 7.62. The zero-order chi connectivity index (χ0) is 15.1. The number of rotatable bonds is 7. The van der Waals surface area contributed by atoms with Crippen LogP contribution in [0.5, 0.6) is 0 Å². The summed E-state index contributed by atoms with van der Waals surface area (Å²) in [6.45, 7) is 7.42. The van der Waals surface area contributed by atoms with Gasteiger partial charge in [0.05, 0.1) is 17.7 Å². The van der Waals surface area contributed by atoms with Crippen molar-refractivity contribution in [1.82, 2.24) is 5.32 Å². The van der Waals surface area contributed by atoms with E-state index in [-0.39, 0.29) is 17.8 Å². The number of halogens is 1. The quantitative estimate of drug-likeness (QED) is 0.829. The molecule has 4 heteroatoms. The van der Waals surface area contributed by atoms with Gasteiger partial charge in [-0.25, -0.2) is 4.39 Å². The molecular weight excluding hydrogens is 253 g/mol. The summed E-state index contributed by atoms with van der Waals surface area (Å²) in [4.78, 5) is 1.79. The van der Waals surface area contributed by atoms with Gasteiger partial charge in [0.2, 0.25) is 0 Å². The number of nitriles is 1. The van der Waals surface area contributed by atoms with E-state index >= 15 is 0 Å². The average molecular weight is 277 g/mol. The van der Waals surface area contributed by atoms with Gasteiger partial charge in [-0.15, -0.1) is 0 Å². The highest BCUT2D eigenvalue weighted by Gasteiger charge is 2.13. The maximum Gasteiger partial charge on any atom is 0.146 e. The largest absolute Gasteiger partial charge is 0.371 e. The first-order valence-corrected chi connectivity index (χ1v) is 7.13. The van der Waals surface area contributed by atoms with E-state index in [2.05, 4.69) is 18.3 Å². The number of anilines is 1. The number of benzene rings is 1. The van der Waals surface area contributed by atoms with Gasteiger partial charge in [0.15, 0.2) is 0 Å². The molecule has 0 heterocycles. The standard InChI is InChI=1S/C16H24FN3/c1-5-8-19-13(3)14-6-7-16(15(17)9-14)20(4)11-12(2)10-18/h6-7,9,12-13,19H,5,8,11H2,1-4H3. The van der Waals surface area contributed by atoms with Gasteiger partial charge in [-0.2, -0.15) is 5.26 Å². The van der Waals surface area contributed by atoms with Crippen LogP contribution in [-0.4, -0.2) is 20.1 Å². The third-order valence-corrected chi connectivity index (χ3v) is 3.35. The Labute approximate surface area is 121 Å². The van der Waals surface area contributed by atoms with Gasteiger partial charge in [-0.05, 0) is 44.5 Å². The molecule has 0 bridgehead atoms. The fourth-order valence-electron chi connectivity index (χ4n) is 2.13. The molecule has 0 radical (unpaired) electrons. The normalized spacial score (nSPS) is 13.6. The van der Waals surface area contributed by atoms with Crippen LogP contribution >= 0.6 is 0 Å². The van der Waals surface area contributed by atoms with Crippen molar-refractivity contribution < 1.29 is 4.39 Å². The van der Waals surface area contributed by atoms with E-state index in [0.29, 0.717) is 12.2 Å². The van der Waals surface area contributed by atoms with Crippen molar-refractivity contribution in [3.63, 3.8) is 0 Å². The molecule has 0 saturated carbocycles. The predicted molar refractivity (Wildman–Crippen MR) is 81.2 cm³/mol. The molecule has 20 heavy (non-hydrogen) atoms. The van der Waals surface area contributed by atoms with E-state index < -0.39 is 0 Å². The van der Waals surface area contributed by atoms with Crippen LogP contribution in [-0.2, 0) is 0 Å². The van der Waals surface area contributed by atoms with Crippen LogP contribution in [0, 0.1) is 23.1 Å². The van der Waals surface area contributed by atoms with Crippen molar-refractivity contribution in [3.05, 3.63) is 29.6 Å². The molecule has 2 atom stereocenters. The lowest BCUT2D eigenvalue weighted by atomic mass is 10.1. The van der Waals surface area contributed by atoms with Crippen molar-refractivity contribution in [3.8, 4) is 6.07 Å². The Morgan fingerprint density at radius 3 is 2.65 bits per heavy atom. The van der Waals surface area contributed by atoms with Gasteiger partial charge < -0.3 is 10.2 Å². The van der Waals surface area contributed by atoms with E-state index in [1.54, 1.807) is 17.0 Å². The molecule has 0 fully saturated rings. The maximum atomic E-state index is 14.2. The Kier molecular flexibility index (Phi) is 6.47. The molecule has 0 aliphatic carbocycles. The molecule has 110 valence electrons. The zero-order valence-corrected chi connectivity index (χ0v) is 12.8. The van der Waals surface area contributed by atoms with Crippen molar-refractivity contribution in [2.24, 2.45) is 5.92 Å². The lowest BCUT2D eigenvalue weighted by Crippen LogP contribution is -2.24. The number of hydrogen-bond donors (Lipinski definition) is 1. The van der Waals surface area contributed by atoms with Crippen molar-refractivity contribution in [2.45, 2.75) is 33.2 Å². The summed E-state index contributed by atoms with van der Waals surface area (Å²) < 4.78 is 14.2. The summed E-state index contributed by atoms with van der Waals surface area (Å²) in [5.41, 5.74) is 1.49. The van der Waals surface area contributed by atoms with Gasteiger partial charge in [0, 0.05) is 19.6 Å². The third-order valence-electron chi connectivity index (χ3n) is 3.35. The van der Waals surface area contributed by atoms with Crippen LogP contribution in [0.25, 0.3) is 0 Å². The fourth-order valence-corrected chi connectivity index (χ4v) is 2.13. The molecule has 1 rings (SSSR count). The number of nitrogens with one attached hydrogen (secondary N) is 1. The minimum absolute atomic E-state index is 0.121. The first kappa shape index (κ1) is 16.5. The van der Waals surface area contributed by atoms with E-state index in [9.17, 15) is 4.39 Å². The molecule has 3 nitrogen and oxygen atoms in total. The third kappa shape index (κ3) is 4.50. The first-order chi connectivity index (χ1) is 9.49. The Morgan fingerprint density at radius 2 is 2.10 bits per heavy atom. The van der Waals surface area contributed by atoms with Crippen LogP contribution in [0.1, 0.15) is 38.8 Å².